The third-order valence-electron chi connectivity index (χ3n) is 5.78. The number of nitrogens with zero attached hydrogens (tertiary/aromatic N) is 3. The molecular weight excluding hydrogens is 397 g/mol. The third kappa shape index (κ3) is 4.18. The number of halogens is 1. The fraction of sp³-hybridized carbons (Fsp3) is 0.333. The van der Waals surface area contributed by atoms with Crippen molar-refractivity contribution in [3.63, 3.8) is 0 Å². The van der Waals surface area contributed by atoms with Gasteiger partial charge in [0.2, 0.25) is 5.88 Å². The molecule has 6 nitrogen and oxygen atoms in total. The van der Waals surface area contributed by atoms with Crippen molar-refractivity contribution in [3.8, 4) is 11.3 Å². The third-order valence-corrected chi connectivity index (χ3v) is 5.78. The highest BCUT2D eigenvalue weighted by atomic mass is 19.1. The Morgan fingerprint density at radius 2 is 1.77 bits per heavy atom. The maximum atomic E-state index is 13.5. The molecule has 0 atom stereocenters. The van der Waals surface area contributed by atoms with E-state index >= 15 is 0 Å². The van der Waals surface area contributed by atoms with E-state index in [4.69, 9.17) is 9.26 Å². The van der Waals surface area contributed by atoms with E-state index in [1.165, 1.54) is 12.1 Å². The number of carbonyl (C=O) groups excluding carboxylic acids is 1. The molecule has 2 fully saturated rings. The van der Waals surface area contributed by atoms with Gasteiger partial charge in [-0.05, 0) is 49.2 Å². The van der Waals surface area contributed by atoms with Gasteiger partial charge in [-0.2, -0.15) is 0 Å². The Morgan fingerprint density at radius 3 is 2.45 bits per heavy atom. The summed E-state index contributed by atoms with van der Waals surface area (Å²) >= 11 is 0. The molecule has 1 aliphatic carbocycles. The van der Waals surface area contributed by atoms with Crippen LogP contribution in [0.2, 0.25) is 0 Å². The number of anilines is 1. The smallest absolute Gasteiger partial charge is 0.254 e. The van der Waals surface area contributed by atoms with Crippen molar-refractivity contribution >= 4 is 11.8 Å². The number of morpholine rings is 1. The van der Waals surface area contributed by atoms with Crippen molar-refractivity contribution in [1.82, 2.24) is 10.1 Å². The van der Waals surface area contributed by atoms with Crippen LogP contribution in [0.25, 0.3) is 11.3 Å². The molecule has 3 aromatic rings. The van der Waals surface area contributed by atoms with Gasteiger partial charge in [0.1, 0.15) is 11.5 Å². The summed E-state index contributed by atoms with van der Waals surface area (Å²) in [4.78, 5) is 17.3. The van der Waals surface area contributed by atoms with Crippen molar-refractivity contribution in [2.45, 2.75) is 25.4 Å². The Kier molecular flexibility index (Phi) is 5.42. The summed E-state index contributed by atoms with van der Waals surface area (Å²) in [5.74, 6) is 0.359. The predicted molar refractivity (Wildman–Crippen MR) is 114 cm³/mol. The highest BCUT2D eigenvalue weighted by Crippen LogP contribution is 2.37. The van der Waals surface area contributed by atoms with Crippen LogP contribution in [0.4, 0.5) is 10.3 Å². The van der Waals surface area contributed by atoms with E-state index in [-0.39, 0.29) is 17.8 Å². The first-order valence-electron chi connectivity index (χ1n) is 10.6. The summed E-state index contributed by atoms with van der Waals surface area (Å²) in [5, 5.41) is 4.34. The lowest BCUT2D eigenvalue weighted by Crippen LogP contribution is -2.37. The highest BCUT2D eigenvalue weighted by Gasteiger charge is 2.36. The second-order valence-corrected chi connectivity index (χ2v) is 7.95. The largest absolute Gasteiger partial charge is 0.378 e. The lowest BCUT2D eigenvalue weighted by atomic mass is 10.1. The van der Waals surface area contributed by atoms with Crippen molar-refractivity contribution in [3.05, 3.63) is 71.5 Å². The van der Waals surface area contributed by atoms with Gasteiger partial charge in [0.05, 0.1) is 25.3 Å². The highest BCUT2D eigenvalue weighted by molar-refractivity contribution is 5.94. The zero-order valence-electron chi connectivity index (χ0n) is 17.2. The van der Waals surface area contributed by atoms with Crippen LogP contribution in [-0.2, 0) is 11.3 Å². The lowest BCUT2D eigenvalue weighted by Gasteiger charge is -2.28. The van der Waals surface area contributed by atoms with Gasteiger partial charge in [0.15, 0.2) is 0 Å². The minimum atomic E-state index is -0.305. The van der Waals surface area contributed by atoms with E-state index in [2.05, 4.69) is 10.1 Å². The van der Waals surface area contributed by atoms with Crippen LogP contribution >= 0.6 is 0 Å². The minimum Gasteiger partial charge on any atom is -0.378 e. The molecule has 31 heavy (non-hydrogen) atoms. The lowest BCUT2D eigenvalue weighted by molar-refractivity contribution is 0.0729. The fourth-order valence-electron chi connectivity index (χ4n) is 3.96. The van der Waals surface area contributed by atoms with Gasteiger partial charge in [-0.25, -0.2) is 4.39 Å². The summed E-state index contributed by atoms with van der Waals surface area (Å²) in [6.45, 7) is 3.01. The van der Waals surface area contributed by atoms with Gasteiger partial charge < -0.3 is 19.1 Å². The predicted octanol–water partition coefficient (Wildman–Crippen LogP) is 4.12. The van der Waals surface area contributed by atoms with Crippen LogP contribution in [-0.4, -0.2) is 48.3 Å². The van der Waals surface area contributed by atoms with E-state index in [1.807, 2.05) is 35.2 Å². The van der Waals surface area contributed by atoms with Crippen LogP contribution in [0.5, 0.6) is 0 Å². The number of amides is 1. The summed E-state index contributed by atoms with van der Waals surface area (Å²) < 4.78 is 24.8. The maximum absolute atomic E-state index is 13.5. The summed E-state index contributed by atoms with van der Waals surface area (Å²) in [6.07, 6.45) is 1.98. The van der Waals surface area contributed by atoms with Gasteiger partial charge in [-0.15, -0.1) is 0 Å². The molecule has 1 amide bonds. The Morgan fingerprint density at radius 1 is 1.06 bits per heavy atom. The first kappa shape index (κ1) is 19.8. The number of hydrogen-bond donors (Lipinski definition) is 0. The monoisotopic (exact) mass is 421 g/mol. The van der Waals surface area contributed by atoms with Crippen LogP contribution < -0.4 is 4.90 Å². The quantitative estimate of drug-likeness (QED) is 0.599. The van der Waals surface area contributed by atoms with Gasteiger partial charge >= 0.3 is 0 Å². The number of ether oxygens (including phenoxy) is 1. The Hall–Kier alpha value is -3.19. The number of benzene rings is 2. The number of rotatable bonds is 6. The van der Waals surface area contributed by atoms with Crippen molar-refractivity contribution in [2.24, 2.45) is 0 Å². The SMILES string of the molecule is O=C(c1ccccc1)N(Cc1c(-c2ccc(F)cc2)noc1N1CCOCC1)C1CC1. The van der Waals surface area contributed by atoms with E-state index in [1.54, 1.807) is 12.1 Å². The van der Waals surface area contributed by atoms with Crippen LogP contribution in [0.3, 0.4) is 0 Å². The molecule has 2 aliphatic rings. The molecule has 1 aromatic heterocycles. The van der Waals surface area contributed by atoms with Crippen LogP contribution in [0.1, 0.15) is 28.8 Å². The summed E-state index contributed by atoms with van der Waals surface area (Å²) in [7, 11) is 0. The summed E-state index contributed by atoms with van der Waals surface area (Å²) in [5.41, 5.74) is 2.93. The first-order chi connectivity index (χ1) is 15.2. The first-order valence-corrected chi connectivity index (χ1v) is 10.6. The van der Waals surface area contributed by atoms with Gasteiger partial charge in [0, 0.05) is 30.3 Å². The summed E-state index contributed by atoms with van der Waals surface area (Å²) in [6, 6.07) is 15.8. The molecule has 5 rings (SSSR count). The number of hydrogen-bond acceptors (Lipinski definition) is 5. The second kappa shape index (κ2) is 8.51. The van der Waals surface area contributed by atoms with Crippen molar-refractivity contribution < 1.29 is 18.4 Å². The molecule has 0 N–H and O–H groups in total. The Balaban J connectivity index is 1.52. The normalized spacial score (nSPS) is 16.4. The van der Waals surface area contributed by atoms with E-state index in [0.29, 0.717) is 50.0 Å². The molecular formula is C24H24FN3O3. The van der Waals surface area contributed by atoms with Gasteiger partial charge in [0.25, 0.3) is 5.91 Å². The molecule has 0 spiro atoms. The van der Waals surface area contributed by atoms with Crippen LogP contribution in [0.15, 0.2) is 59.1 Å². The topological polar surface area (TPSA) is 58.8 Å². The number of aromatic nitrogens is 1. The average molecular weight is 421 g/mol. The van der Waals surface area contributed by atoms with Gasteiger partial charge in [-0.1, -0.05) is 23.4 Å². The molecule has 1 saturated carbocycles. The zero-order chi connectivity index (χ0) is 21.2. The molecule has 1 aliphatic heterocycles. The standard InChI is InChI=1S/C24H24FN3O3/c25-19-8-6-17(7-9-19)22-21(24(31-26-22)27-12-14-30-15-13-27)16-28(20-10-11-20)23(29)18-4-2-1-3-5-18/h1-9,20H,10-16H2. The molecule has 160 valence electrons. The molecule has 2 aromatic carbocycles. The van der Waals surface area contributed by atoms with Gasteiger partial charge in [-0.3, -0.25) is 4.79 Å². The van der Waals surface area contributed by atoms with E-state index < -0.39 is 0 Å². The molecule has 2 heterocycles. The minimum absolute atomic E-state index is 0.00211. The Bertz CT molecular complexity index is 1040. The average Bonchev–Trinajstić information content (AvgIpc) is 3.58. The molecule has 0 bridgehead atoms. The number of carbonyl (C=O) groups is 1. The van der Waals surface area contributed by atoms with Crippen LogP contribution in [0, 0.1) is 5.82 Å². The Labute approximate surface area is 180 Å². The zero-order valence-corrected chi connectivity index (χ0v) is 17.2. The second-order valence-electron chi connectivity index (χ2n) is 7.95. The van der Waals surface area contributed by atoms with E-state index in [0.717, 1.165) is 24.0 Å². The van der Waals surface area contributed by atoms with E-state index in [9.17, 15) is 9.18 Å². The van der Waals surface area contributed by atoms with Crippen molar-refractivity contribution in [1.29, 1.82) is 0 Å². The van der Waals surface area contributed by atoms with Crippen molar-refractivity contribution in [2.75, 3.05) is 31.2 Å². The molecule has 1 saturated heterocycles. The molecule has 0 unspecified atom stereocenters. The maximum Gasteiger partial charge on any atom is 0.254 e. The molecule has 7 heteroatoms. The molecule has 0 radical (unpaired) electrons. The fourth-order valence-corrected chi connectivity index (χ4v) is 3.96.